The molecule has 2 N–H and O–H groups in total. The number of benzene rings is 1. The SMILES string of the molecule is CCC(NC(=O)C(C)COC)C(O)c1ccc(C(F)(F)F)cc1. The van der Waals surface area contributed by atoms with Crippen LogP contribution in [-0.2, 0) is 15.7 Å². The van der Waals surface area contributed by atoms with Crippen LogP contribution in [0, 0.1) is 5.92 Å². The fraction of sp³-hybridized carbons (Fsp3) is 0.562. The first-order valence-corrected chi connectivity index (χ1v) is 7.35. The minimum atomic E-state index is -4.42. The molecule has 0 aliphatic carbocycles. The molecular formula is C16H22F3NO3. The summed E-state index contributed by atoms with van der Waals surface area (Å²) in [6.45, 7) is 3.72. The van der Waals surface area contributed by atoms with Crippen LogP contribution in [0.3, 0.4) is 0 Å². The maximum atomic E-state index is 12.5. The standard InChI is InChI=1S/C16H22F3NO3/c1-4-13(20-15(22)10(2)9-23-3)14(21)11-5-7-12(8-6-11)16(17,18)19/h5-8,10,13-14,21H,4,9H2,1-3H3,(H,20,22). The number of aliphatic hydroxyl groups is 1. The monoisotopic (exact) mass is 333 g/mol. The van der Waals surface area contributed by atoms with Gasteiger partial charge in [-0.1, -0.05) is 26.0 Å². The van der Waals surface area contributed by atoms with E-state index < -0.39 is 23.9 Å². The molecule has 0 aliphatic heterocycles. The normalized spacial score (nSPS) is 15.8. The first-order valence-electron chi connectivity index (χ1n) is 7.35. The topological polar surface area (TPSA) is 58.6 Å². The molecule has 130 valence electrons. The highest BCUT2D eigenvalue weighted by Crippen LogP contribution is 2.30. The second-order valence-electron chi connectivity index (χ2n) is 5.44. The van der Waals surface area contributed by atoms with Crippen molar-refractivity contribution < 1.29 is 27.8 Å². The third-order valence-electron chi connectivity index (χ3n) is 3.59. The molecule has 1 aromatic rings. The Kier molecular flexibility index (Phi) is 7.02. The highest BCUT2D eigenvalue weighted by Gasteiger charge is 2.31. The van der Waals surface area contributed by atoms with Gasteiger partial charge in [-0.3, -0.25) is 4.79 Å². The third kappa shape index (κ3) is 5.51. The van der Waals surface area contributed by atoms with Crippen molar-refractivity contribution >= 4 is 5.91 Å². The predicted octanol–water partition coefficient (Wildman–Crippen LogP) is 2.92. The molecule has 0 saturated carbocycles. The van der Waals surface area contributed by atoms with Gasteiger partial charge in [0.05, 0.1) is 30.2 Å². The van der Waals surface area contributed by atoms with E-state index in [0.29, 0.717) is 12.0 Å². The highest BCUT2D eigenvalue weighted by molar-refractivity contribution is 5.78. The Balaban J connectivity index is 2.80. The molecule has 3 atom stereocenters. The molecule has 1 amide bonds. The van der Waals surface area contributed by atoms with Crippen molar-refractivity contribution in [3.8, 4) is 0 Å². The summed E-state index contributed by atoms with van der Waals surface area (Å²) in [5.41, 5.74) is -0.455. The van der Waals surface area contributed by atoms with Crippen LogP contribution in [0.1, 0.15) is 37.5 Å². The molecule has 0 saturated heterocycles. The molecule has 0 spiro atoms. The van der Waals surface area contributed by atoms with Crippen LogP contribution in [0.4, 0.5) is 13.2 Å². The molecular weight excluding hydrogens is 311 g/mol. The molecule has 3 unspecified atom stereocenters. The third-order valence-corrected chi connectivity index (χ3v) is 3.59. The Morgan fingerprint density at radius 1 is 1.30 bits per heavy atom. The van der Waals surface area contributed by atoms with E-state index in [1.54, 1.807) is 13.8 Å². The summed E-state index contributed by atoms with van der Waals surface area (Å²) in [6, 6.07) is 3.70. The molecule has 1 aromatic carbocycles. The molecule has 0 heterocycles. The van der Waals surface area contributed by atoms with Gasteiger partial charge >= 0.3 is 6.18 Å². The first kappa shape index (κ1) is 19.4. The molecule has 4 nitrogen and oxygen atoms in total. The Hall–Kier alpha value is -1.60. The van der Waals surface area contributed by atoms with Gasteiger partial charge in [0.1, 0.15) is 0 Å². The van der Waals surface area contributed by atoms with Crippen LogP contribution in [0.2, 0.25) is 0 Å². The molecule has 0 fully saturated rings. The van der Waals surface area contributed by atoms with Crippen molar-refractivity contribution in [1.82, 2.24) is 5.32 Å². The average molecular weight is 333 g/mol. The van der Waals surface area contributed by atoms with E-state index in [9.17, 15) is 23.1 Å². The van der Waals surface area contributed by atoms with Crippen LogP contribution in [0.25, 0.3) is 0 Å². The summed E-state index contributed by atoms with van der Waals surface area (Å²) in [7, 11) is 1.48. The number of hydrogen-bond acceptors (Lipinski definition) is 3. The summed E-state index contributed by atoms with van der Waals surface area (Å²) in [5.74, 6) is -0.654. The van der Waals surface area contributed by atoms with E-state index in [1.165, 1.54) is 19.2 Å². The zero-order valence-electron chi connectivity index (χ0n) is 13.4. The van der Waals surface area contributed by atoms with Crippen molar-refractivity contribution in [2.24, 2.45) is 5.92 Å². The van der Waals surface area contributed by atoms with Crippen molar-refractivity contribution in [3.05, 3.63) is 35.4 Å². The fourth-order valence-electron chi connectivity index (χ4n) is 2.16. The smallest absolute Gasteiger partial charge is 0.386 e. The quantitative estimate of drug-likeness (QED) is 0.807. The number of rotatable bonds is 7. The van der Waals surface area contributed by atoms with Gasteiger partial charge in [0, 0.05) is 7.11 Å². The first-order chi connectivity index (χ1) is 10.7. The van der Waals surface area contributed by atoms with E-state index in [-0.39, 0.29) is 18.4 Å². The molecule has 0 radical (unpaired) electrons. The van der Waals surface area contributed by atoms with Crippen LogP contribution in [-0.4, -0.2) is 30.8 Å². The number of carbonyl (C=O) groups is 1. The lowest BCUT2D eigenvalue weighted by Crippen LogP contribution is -2.42. The summed E-state index contributed by atoms with van der Waals surface area (Å²) >= 11 is 0. The van der Waals surface area contributed by atoms with E-state index in [1.807, 2.05) is 0 Å². The van der Waals surface area contributed by atoms with Crippen molar-refractivity contribution in [1.29, 1.82) is 0 Å². The van der Waals surface area contributed by atoms with Gasteiger partial charge < -0.3 is 15.2 Å². The lowest BCUT2D eigenvalue weighted by molar-refractivity contribution is -0.137. The molecule has 7 heteroatoms. The lowest BCUT2D eigenvalue weighted by Gasteiger charge is -2.25. The van der Waals surface area contributed by atoms with Gasteiger partial charge in [0.15, 0.2) is 0 Å². The molecule has 0 aliphatic rings. The highest BCUT2D eigenvalue weighted by atomic mass is 19.4. The number of ether oxygens (including phenoxy) is 1. The number of nitrogens with one attached hydrogen (secondary N) is 1. The number of amides is 1. The number of hydrogen-bond donors (Lipinski definition) is 2. The van der Waals surface area contributed by atoms with Gasteiger partial charge in [0.25, 0.3) is 0 Å². The maximum Gasteiger partial charge on any atom is 0.416 e. The Bertz CT molecular complexity index is 502. The van der Waals surface area contributed by atoms with Crippen LogP contribution in [0.5, 0.6) is 0 Å². The second kappa shape index (κ2) is 8.31. The molecule has 0 bridgehead atoms. The van der Waals surface area contributed by atoms with Crippen molar-refractivity contribution in [3.63, 3.8) is 0 Å². The number of methoxy groups -OCH3 is 1. The van der Waals surface area contributed by atoms with E-state index in [4.69, 9.17) is 4.74 Å². The number of aliphatic hydroxyl groups excluding tert-OH is 1. The average Bonchev–Trinajstić information content (AvgIpc) is 2.51. The predicted molar refractivity (Wildman–Crippen MR) is 79.7 cm³/mol. The fourth-order valence-corrected chi connectivity index (χ4v) is 2.16. The van der Waals surface area contributed by atoms with Gasteiger partial charge in [-0.15, -0.1) is 0 Å². The maximum absolute atomic E-state index is 12.5. The van der Waals surface area contributed by atoms with Crippen LogP contribution < -0.4 is 5.32 Å². The van der Waals surface area contributed by atoms with E-state index >= 15 is 0 Å². The van der Waals surface area contributed by atoms with Crippen LogP contribution in [0.15, 0.2) is 24.3 Å². The lowest BCUT2D eigenvalue weighted by atomic mass is 9.98. The van der Waals surface area contributed by atoms with Crippen molar-refractivity contribution in [2.45, 2.75) is 38.6 Å². The molecule has 0 aromatic heterocycles. The number of halogens is 3. The zero-order valence-corrected chi connectivity index (χ0v) is 13.4. The van der Waals surface area contributed by atoms with Gasteiger partial charge in [-0.05, 0) is 24.1 Å². The summed E-state index contributed by atoms with van der Waals surface area (Å²) in [5, 5.41) is 13.0. The minimum absolute atomic E-state index is 0.249. The van der Waals surface area contributed by atoms with Gasteiger partial charge in [0.2, 0.25) is 5.91 Å². The molecule has 23 heavy (non-hydrogen) atoms. The Labute approximate surface area is 133 Å². The Morgan fingerprint density at radius 2 is 1.87 bits per heavy atom. The van der Waals surface area contributed by atoms with Gasteiger partial charge in [-0.2, -0.15) is 13.2 Å². The Morgan fingerprint density at radius 3 is 2.30 bits per heavy atom. The van der Waals surface area contributed by atoms with E-state index in [2.05, 4.69) is 5.32 Å². The summed E-state index contributed by atoms with van der Waals surface area (Å²) in [4.78, 5) is 12.0. The minimum Gasteiger partial charge on any atom is -0.386 e. The van der Waals surface area contributed by atoms with Crippen LogP contribution >= 0.6 is 0 Å². The molecule has 1 rings (SSSR count). The number of alkyl halides is 3. The van der Waals surface area contributed by atoms with Crippen molar-refractivity contribution in [2.75, 3.05) is 13.7 Å². The summed E-state index contributed by atoms with van der Waals surface area (Å²) < 4.78 is 42.5. The number of carbonyl (C=O) groups excluding carboxylic acids is 1. The zero-order chi connectivity index (χ0) is 17.6. The van der Waals surface area contributed by atoms with Gasteiger partial charge in [-0.25, -0.2) is 0 Å². The second-order valence-corrected chi connectivity index (χ2v) is 5.44. The summed E-state index contributed by atoms with van der Waals surface area (Å²) in [6.07, 6.45) is -5.06. The van der Waals surface area contributed by atoms with E-state index in [0.717, 1.165) is 12.1 Å². The largest absolute Gasteiger partial charge is 0.416 e.